The molecule has 7 heteroatoms. The van der Waals surface area contributed by atoms with Crippen LogP contribution in [-0.2, 0) is 11.3 Å². The normalized spacial score (nSPS) is 22.0. The van der Waals surface area contributed by atoms with Gasteiger partial charge in [-0.2, -0.15) is 0 Å². The Hall–Kier alpha value is -0.110. The number of nitrogens with one attached hydrogen (secondary N) is 2. The number of rotatable bonds is 4. The van der Waals surface area contributed by atoms with Crippen LogP contribution in [0.3, 0.4) is 0 Å². The Morgan fingerprint density at radius 3 is 2.39 bits per heavy atom. The van der Waals surface area contributed by atoms with E-state index in [0.29, 0.717) is 6.04 Å². The molecule has 0 radical (unpaired) electrons. The highest BCUT2D eigenvalue weighted by atomic mass is 79.9. The van der Waals surface area contributed by atoms with Crippen molar-refractivity contribution in [3.63, 3.8) is 0 Å². The predicted molar refractivity (Wildman–Crippen MR) is 102 cm³/mol. The molecule has 23 heavy (non-hydrogen) atoms. The number of hydrogen-bond acceptors (Lipinski definition) is 4. The van der Waals surface area contributed by atoms with Crippen LogP contribution in [-0.4, -0.2) is 23.8 Å². The first-order valence-electron chi connectivity index (χ1n) is 7.89. The molecule has 0 bridgehead atoms. The van der Waals surface area contributed by atoms with Crippen LogP contribution in [0.25, 0.3) is 0 Å². The molecule has 1 fully saturated rings. The standard InChI is InChI=1S/C16H24Br2N2O2S/c1-16(2,3)22-15(21)20-11-6-4-10(5-7-11)19-9-12-8-13(17)14(18)23-12/h8,10-11,19H,4-7,9H2,1-3H3,(H,20,21). The second-order valence-corrected chi connectivity index (χ2v) is 10.2. The third-order valence-electron chi connectivity index (χ3n) is 3.71. The lowest BCUT2D eigenvalue weighted by Crippen LogP contribution is -2.43. The van der Waals surface area contributed by atoms with Gasteiger partial charge in [0.25, 0.3) is 0 Å². The van der Waals surface area contributed by atoms with E-state index in [4.69, 9.17) is 4.74 Å². The summed E-state index contributed by atoms with van der Waals surface area (Å²) in [5.41, 5.74) is -0.438. The molecule has 0 atom stereocenters. The van der Waals surface area contributed by atoms with Crippen molar-refractivity contribution in [1.29, 1.82) is 0 Å². The molecule has 0 spiro atoms. The lowest BCUT2D eigenvalue weighted by atomic mass is 9.91. The third-order valence-corrected chi connectivity index (χ3v) is 6.97. The number of hydrogen-bond donors (Lipinski definition) is 2. The van der Waals surface area contributed by atoms with Crippen molar-refractivity contribution in [2.24, 2.45) is 0 Å². The van der Waals surface area contributed by atoms with Gasteiger partial charge in [0.2, 0.25) is 0 Å². The van der Waals surface area contributed by atoms with Crippen molar-refractivity contribution >= 4 is 49.3 Å². The minimum absolute atomic E-state index is 0.230. The fourth-order valence-electron chi connectivity index (χ4n) is 2.64. The lowest BCUT2D eigenvalue weighted by Gasteiger charge is -2.30. The lowest BCUT2D eigenvalue weighted by molar-refractivity contribution is 0.0490. The van der Waals surface area contributed by atoms with Crippen molar-refractivity contribution in [2.45, 2.75) is 70.7 Å². The molecule has 0 aliphatic heterocycles. The van der Waals surface area contributed by atoms with Gasteiger partial charge in [-0.15, -0.1) is 11.3 Å². The van der Waals surface area contributed by atoms with Crippen LogP contribution in [0.1, 0.15) is 51.3 Å². The second kappa shape index (κ2) is 8.32. The Morgan fingerprint density at radius 2 is 1.87 bits per heavy atom. The van der Waals surface area contributed by atoms with E-state index in [1.165, 1.54) is 4.88 Å². The highest BCUT2D eigenvalue weighted by Crippen LogP contribution is 2.32. The average Bonchev–Trinajstić information content (AvgIpc) is 2.75. The monoisotopic (exact) mass is 466 g/mol. The zero-order valence-electron chi connectivity index (χ0n) is 13.7. The van der Waals surface area contributed by atoms with Gasteiger partial charge in [-0.05, 0) is 84.4 Å². The van der Waals surface area contributed by atoms with Crippen LogP contribution in [0.2, 0.25) is 0 Å². The van der Waals surface area contributed by atoms with E-state index in [1.807, 2.05) is 20.8 Å². The zero-order valence-corrected chi connectivity index (χ0v) is 17.7. The molecule has 1 aromatic heterocycles. The van der Waals surface area contributed by atoms with Gasteiger partial charge in [0, 0.05) is 28.0 Å². The summed E-state index contributed by atoms with van der Waals surface area (Å²) in [6.45, 7) is 6.54. The highest BCUT2D eigenvalue weighted by Gasteiger charge is 2.24. The fraction of sp³-hybridized carbons (Fsp3) is 0.688. The smallest absolute Gasteiger partial charge is 0.407 e. The number of carbonyl (C=O) groups is 1. The average molecular weight is 468 g/mol. The molecule has 2 rings (SSSR count). The minimum Gasteiger partial charge on any atom is -0.444 e. The molecule has 1 aliphatic rings. The Balaban J connectivity index is 1.68. The maximum Gasteiger partial charge on any atom is 0.407 e. The van der Waals surface area contributed by atoms with Crippen LogP contribution >= 0.6 is 43.2 Å². The summed E-state index contributed by atoms with van der Waals surface area (Å²) in [6.07, 6.45) is 3.84. The van der Waals surface area contributed by atoms with Crippen LogP contribution in [0.5, 0.6) is 0 Å². The summed E-state index contributed by atoms with van der Waals surface area (Å²) in [5.74, 6) is 0. The first-order chi connectivity index (χ1) is 10.7. The number of alkyl carbamates (subject to hydrolysis) is 1. The van der Waals surface area contributed by atoms with Gasteiger partial charge < -0.3 is 15.4 Å². The fourth-order valence-corrected chi connectivity index (χ4v) is 4.77. The maximum atomic E-state index is 11.8. The Kier molecular flexibility index (Phi) is 6.95. The third kappa shape index (κ3) is 6.72. The van der Waals surface area contributed by atoms with Gasteiger partial charge in [-0.3, -0.25) is 0 Å². The molecule has 1 heterocycles. The molecule has 4 nitrogen and oxygen atoms in total. The molecule has 2 N–H and O–H groups in total. The largest absolute Gasteiger partial charge is 0.444 e. The summed E-state index contributed by atoms with van der Waals surface area (Å²) in [6, 6.07) is 2.90. The van der Waals surface area contributed by atoms with Crippen LogP contribution < -0.4 is 10.6 Å². The molecular formula is C16H24Br2N2O2S. The van der Waals surface area contributed by atoms with Gasteiger partial charge in [0.1, 0.15) is 5.60 Å². The summed E-state index contributed by atoms with van der Waals surface area (Å²) in [5, 5.41) is 6.60. The van der Waals surface area contributed by atoms with Gasteiger partial charge in [0.05, 0.1) is 3.79 Å². The first kappa shape index (κ1) is 19.2. The van der Waals surface area contributed by atoms with Crippen molar-refractivity contribution in [1.82, 2.24) is 10.6 Å². The first-order valence-corrected chi connectivity index (χ1v) is 10.3. The van der Waals surface area contributed by atoms with Gasteiger partial charge in [0.15, 0.2) is 0 Å². The molecule has 1 aliphatic carbocycles. The summed E-state index contributed by atoms with van der Waals surface area (Å²) in [7, 11) is 0. The van der Waals surface area contributed by atoms with E-state index >= 15 is 0 Å². The zero-order chi connectivity index (χ0) is 17.0. The molecule has 0 saturated heterocycles. The van der Waals surface area contributed by atoms with Crippen LogP contribution in [0.4, 0.5) is 4.79 Å². The number of thiophene rings is 1. The molecule has 1 aromatic rings. The van der Waals surface area contributed by atoms with Crippen molar-refractivity contribution in [3.8, 4) is 0 Å². The Morgan fingerprint density at radius 1 is 1.26 bits per heavy atom. The van der Waals surface area contributed by atoms with Crippen molar-refractivity contribution in [3.05, 3.63) is 19.2 Å². The van der Waals surface area contributed by atoms with Crippen LogP contribution in [0.15, 0.2) is 14.3 Å². The van der Waals surface area contributed by atoms with E-state index in [9.17, 15) is 4.79 Å². The summed E-state index contributed by atoms with van der Waals surface area (Å²) >= 11 is 8.79. The van der Waals surface area contributed by atoms with E-state index < -0.39 is 5.60 Å². The highest BCUT2D eigenvalue weighted by molar-refractivity contribution is 9.13. The number of halogens is 2. The van der Waals surface area contributed by atoms with E-state index in [-0.39, 0.29) is 12.1 Å². The minimum atomic E-state index is -0.438. The summed E-state index contributed by atoms with van der Waals surface area (Å²) < 4.78 is 7.57. The Bertz CT molecular complexity index is 515. The predicted octanol–water partition coefficient (Wildman–Crippen LogP) is 5.20. The molecular weight excluding hydrogens is 444 g/mol. The van der Waals surface area contributed by atoms with Crippen molar-refractivity contribution in [2.75, 3.05) is 0 Å². The topological polar surface area (TPSA) is 50.4 Å². The Labute approximate surface area is 159 Å². The van der Waals surface area contributed by atoms with Gasteiger partial charge in [-0.25, -0.2) is 4.79 Å². The quantitative estimate of drug-likeness (QED) is 0.639. The molecule has 0 unspecified atom stereocenters. The van der Waals surface area contributed by atoms with Gasteiger partial charge in [-0.1, -0.05) is 0 Å². The SMILES string of the molecule is CC(C)(C)OC(=O)NC1CCC(NCc2cc(Br)c(Br)s2)CC1. The van der Waals surface area contributed by atoms with Crippen LogP contribution in [0, 0.1) is 0 Å². The summed E-state index contributed by atoms with van der Waals surface area (Å²) in [4.78, 5) is 13.1. The molecule has 130 valence electrons. The van der Waals surface area contributed by atoms with Gasteiger partial charge >= 0.3 is 6.09 Å². The van der Waals surface area contributed by atoms with E-state index in [0.717, 1.165) is 40.5 Å². The second-order valence-electron chi connectivity index (χ2n) is 6.91. The van der Waals surface area contributed by atoms with E-state index in [1.54, 1.807) is 11.3 Å². The molecule has 0 aromatic carbocycles. The number of amides is 1. The number of carbonyl (C=O) groups excluding carboxylic acids is 1. The van der Waals surface area contributed by atoms with Crippen molar-refractivity contribution < 1.29 is 9.53 Å². The molecule has 1 saturated carbocycles. The number of ether oxygens (including phenoxy) is 1. The molecule has 1 amide bonds. The van der Waals surface area contributed by atoms with E-state index in [2.05, 4.69) is 48.6 Å². The maximum absolute atomic E-state index is 11.8.